The summed E-state index contributed by atoms with van der Waals surface area (Å²) in [5, 5.41) is 3.27. The van der Waals surface area contributed by atoms with Gasteiger partial charge in [0.15, 0.2) is 5.11 Å². The Bertz CT molecular complexity index is 739. The minimum absolute atomic E-state index is 0.0264. The molecule has 8 heteroatoms. The van der Waals surface area contributed by atoms with E-state index in [9.17, 15) is 14.4 Å². The zero-order valence-corrected chi connectivity index (χ0v) is 15.6. The topological polar surface area (TPSA) is 90.5 Å². The number of rotatable bonds is 5. The second-order valence-corrected chi connectivity index (χ2v) is 6.98. The van der Waals surface area contributed by atoms with Crippen molar-refractivity contribution < 1.29 is 14.4 Å². The van der Waals surface area contributed by atoms with Crippen molar-refractivity contribution in [3.63, 3.8) is 0 Å². The van der Waals surface area contributed by atoms with Gasteiger partial charge in [0.2, 0.25) is 17.7 Å². The monoisotopic (exact) mass is 386 g/mol. The van der Waals surface area contributed by atoms with E-state index in [1.807, 2.05) is 42.5 Å². The van der Waals surface area contributed by atoms with E-state index in [0.29, 0.717) is 19.4 Å². The average Bonchev–Trinajstić information content (AvgIpc) is 2.94. The van der Waals surface area contributed by atoms with Gasteiger partial charge in [-0.3, -0.25) is 30.1 Å². The highest BCUT2D eigenvalue weighted by atomic mass is 32.1. The van der Waals surface area contributed by atoms with Crippen LogP contribution in [0, 0.1) is 11.8 Å². The van der Waals surface area contributed by atoms with Gasteiger partial charge >= 0.3 is 0 Å². The van der Waals surface area contributed by atoms with Gasteiger partial charge in [-0.25, -0.2) is 0 Å². The minimum atomic E-state index is -0.340. The van der Waals surface area contributed by atoms with Crippen LogP contribution in [-0.2, 0) is 20.9 Å². The standard InChI is InChI=1S/C19H22N4O3S/c24-16(21-22-19(27)20-12-13-6-2-1-3-7-13)10-11-23-17(25)14-8-4-5-9-15(14)18(23)26/h1-7,14-15H,8-12H2,(H,21,24)(H2,20,22,27). The Morgan fingerprint density at radius 1 is 1.04 bits per heavy atom. The van der Waals surface area contributed by atoms with Crippen LogP contribution >= 0.6 is 12.2 Å². The van der Waals surface area contributed by atoms with E-state index in [0.717, 1.165) is 5.56 Å². The Morgan fingerprint density at radius 2 is 1.67 bits per heavy atom. The molecule has 1 aromatic rings. The Morgan fingerprint density at radius 3 is 2.30 bits per heavy atom. The number of hydrogen-bond donors (Lipinski definition) is 3. The first kappa shape index (κ1) is 19.0. The third-order valence-corrected chi connectivity index (χ3v) is 5.02. The number of fused-ring (bicyclic) bond motifs is 1. The van der Waals surface area contributed by atoms with Crippen LogP contribution in [-0.4, -0.2) is 34.3 Å². The first-order valence-corrected chi connectivity index (χ1v) is 9.34. The molecule has 2 unspecified atom stereocenters. The third-order valence-electron chi connectivity index (χ3n) is 4.77. The molecule has 3 N–H and O–H groups in total. The molecule has 0 bridgehead atoms. The molecule has 1 aliphatic heterocycles. The maximum atomic E-state index is 12.3. The molecule has 27 heavy (non-hydrogen) atoms. The Hall–Kier alpha value is -2.74. The summed E-state index contributed by atoms with van der Waals surface area (Å²) in [6, 6.07) is 9.73. The van der Waals surface area contributed by atoms with Crippen molar-refractivity contribution in [3.05, 3.63) is 48.0 Å². The number of carbonyl (C=O) groups excluding carboxylic acids is 3. The average molecular weight is 386 g/mol. The van der Waals surface area contributed by atoms with E-state index in [4.69, 9.17) is 12.2 Å². The molecule has 7 nitrogen and oxygen atoms in total. The Kier molecular flexibility index (Phi) is 6.18. The Labute approximate surface area is 163 Å². The van der Waals surface area contributed by atoms with E-state index in [1.54, 1.807) is 0 Å². The third kappa shape index (κ3) is 4.71. The molecular formula is C19H22N4O3S. The van der Waals surface area contributed by atoms with Crippen LogP contribution in [0.1, 0.15) is 24.8 Å². The van der Waals surface area contributed by atoms with Crippen molar-refractivity contribution >= 4 is 35.1 Å². The number of benzene rings is 1. The second kappa shape index (κ2) is 8.77. The number of imide groups is 1. The molecule has 1 aromatic carbocycles. The maximum Gasteiger partial charge on any atom is 0.240 e. The van der Waals surface area contributed by atoms with Gasteiger partial charge in [-0.15, -0.1) is 0 Å². The van der Waals surface area contributed by atoms with E-state index >= 15 is 0 Å². The van der Waals surface area contributed by atoms with Crippen LogP contribution in [0.2, 0.25) is 0 Å². The van der Waals surface area contributed by atoms with E-state index in [2.05, 4.69) is 16.2 Å². The molecule has 0 radical (unpaired) electrons. The minimum Gasteiger partial charge on any atom is -0.357 e. The highest BCUT2D eigenvalue weighted by Crippen LogP contribution is 2.34. The van der Waals surface area contributed by atoms with Crippen LogP contribution in [0.15, 0.2) is 42.5 Å². The van der Waals surface area contributed by atoms with E-state index in [1.165, 1.54) is 4.90 Å². The van der Waals surface area contributed by atoms with E-state index < -0.39 is 0 Å². The molecule has 2 aliphatic rings. The van der Waals surface area contributed by atoms with Gasteiger partial charge in [-0.1, -0.05) is 42.5 Å². The van der Waals surface area contributed by atoms with Crippen molar-refractivity contribution in [1.29, 1.82) is 0 Å². The molecule has 1 saturated heterocycles. The number of nitrogens with zero attached hydrogens (tertiary/aromatic N) is 1. The predicted octanol–water partition coefficient (Wildman–Crippen LogP) is 1.02. The molecule has 0 spiro atoms. The molecular weight excluding hydrogens is 364 g/mol. The number of likely N-dealkylation sites (tertiary alicyclic amines) is 1. The van der Waals surface area contributed by atoms with Crippen molar-refractivity contribution in [2.45, 2.75) is 25.8 Å². The highest BCUT2D eigenvalue weighted by Gasteiger charge is 2.46. The van der Waals surface area contributed by atoms with Crippen LogP contribution in [0.3, 0.4) is 0 Å². The largest absolute Gasteiger partial charge is 0.357 e. The normalized spacial score (nSPS) is 21.0. The number of hydrazine groups is 1. The van der Waals surface area contributed by atoms with Gasteiger partial charge in [-0.05, 0) is 30.6 Å². The lowest BCUT2D eigenvalue weighted by Crippen LogP contribution is -2.47. The molecule has 142 valence electrons. The van der Waals surface area contributed by atoms with Gasteiger partial charge in [0, 0.05) is 19.5 Å². The summed E-state index contributed by atoms with van der Waals surface area (Å²) >= 11 is 5.11. The summed E-state index contributed by atoms with van der Waals surface area (Å²) in [6.07, 6.45) is 5.10. The number of thiocarbonyl (C=S) groups is 1. The maximum absolute atomic E-state index is 12.3. The van der Waals surface area contributed by atoms with Gasteiger partial charge in [0.25, 0.3) is 0 Å². The predicted molar refractivity (Wildman–Crippen MR) is 104 cm³/mol. The molecule has 3 amide bonds. The van der Waals surface area contributed by atoms with Crippen molar-refractivity contribution in [1.82, 2.24) is 21.1 Å². The van der Waals surface area contributed by atoms with E-state index in [-0.39, 0.29) is 47.6 Å². The molecule has 1 fully saturated rings. The first-order chi connectivity index (χ1) is 13.1. The molecule has 1 aliphatic carbocycles. The number of amides is 3. The quantitative estimate of drug-likeness (QED) is 0.303. The van der Waals surface area contributed by atoms with Crippen LogP contribution < -0.4 is 16.2 Å². The van der Waals surface area contributed by atoms with Gasteiger partial charge < -0.3 is 5.32 Å². The SMILES string of the molecule is O=C(CCN1C(=O)C2CC=CCC2C1=O)NNC(=S)NCc1ccccc1. The fourth-order valence-corrected chi connectivity index (χ4v) is 3.44. The van der Waals surface area contributed by atoms with Crippen molar-refractivity contribution in [2.24, 2.45) is 11.8 Å². The zero-order chi connectivity index (χ0) is 19.2. The second-order valence-electron chi connectivity index (χ2n) is 6.58. The first-order valence-electron chi connectivity index (χ1n) is 8.93. The molecule has 2 atom stereocenters. The Balaban J connectivity index is 1.38. The molecule has 0 aromatic heterocycles. The number of carbonyl (C=O) groups is 3. The number of hydrogen-bond acceptors (Lipinski definition) is 4. The lowest BCUT2D eigenvalue weighted by atomic mass is 9.85. The summed E-state index contributed by atoms with van der Waals surface area (Å²) in [6.45, 7) is 0.624. The lowest BCUT2D eigenvalue weighted by Gasteiger charge is -2.15. The van der Waals surface area contributed by atoms with Crippen molar-refractivity contribution in [3.8, 4) is 0 Å². The highest BCUT2D eigenvalue weighted by molar-refractivity contribution is 7.80. The fraction of sp³-hybridized carbons (Fsp3) is 0.368. The molecule has 3 rings (SSSR count). The van der Waals surface area contributed by atoms with Gasteiger partial charge in [0.05, 0.1) is 11.8 Å². The summed E-state index contributed by atoms with van der Waals surface area (Å²) < 4.78 is 0. The summed E-state index contributed by atoms with van der Waals surface area (Å²) in [4.78, 5) is 37.9. The lowest BCUT2D eigenvalue weighted by molar-refractivity contribution is -0.140. The summed E-state index contributed by atoms with van der Waals surface area (Å²) in [7, 11) is 0. The molecule has 1 heterocycles. The summed E-state index contributed by atoms with van der Waals surface area (Å²) in [5.41, 5.74) is 6.17. The summed E-state index contributed by atoms with van der Waals surface area (Å²) in [5.74, 6) is -1.21. The van der Waals surface area contributed by atoms with Crippen LogP contribution in [0.4, 0.5) is 0 Å². The van der Waals surface area contributed by atoms with Crippen molar-refractivity contribution in [2.75, 3.05) is 6.54 Å². The fourth-order valence-electron chi connectivity index (χ4n) is 3.31. The van der Waals surface area contributed by atoms with Crippen LogP contribution in [0.5, 0.6) is 0 Å². The molecule has 0 saturated carbocycles. The zero-order valence-electron chi connectivity index (χ0n) is 14.8. The van der Waals surface area contributed by atoms with Crippen LogP contribution in [0.25, 0.3) is 0 Å². The number of allylic oxidation sites excluding steroid dienone is 2. The smallest absolute Gasteiger partial charge is 0.240 e. The van der Waals surface area contributed by atoms with Gasteiger partial charge in [-0.2, -0.15) is 0 Å². The van der Waals surface area contributed by atoms with Gasteiger partial charge in [0.1, 0.15) is 0 Å². The number of nitrogens with one attached hydrogen (secondary N) is 3.